The predicted octanol–water partition coefficient (Wildman–Crippen LogP) is 6.15. The monoisotopic (exact) mass is 493 g/mol. The minimum Gasteiger partial charge on any atom is -0.489 e. The van der Waals surface area contributed by atoms with E-state index in [0.29, 0.717) is 29.3 Å². The molecule has 1 heterocycles. The van der Waals surface area contributed by atoms with Crippen LogP contribution in [0.3, 0.4) is 0 Å². The third kappa shape index (κ3) is 5.28. The molecular formula is C29H20FN3O4. The Morgan fingerprint density at radius 1 is 0.892 bits per heavy atom. The van der Waals surface area contributed by atoms with Crippen LogP contribution in [-0.2, 0) is 11.4 Å². The molecule has 7 nitrogen and oxygen atoms in total. The van der Waals surface area contributed by atoms with Gasteiger partial charge in [-0.3, -0.25) is 14.9 Å². The van der Waals surface area contributed by atoms with Crippen LogP contribution in [0.5, 0.6) is 5.75 Å². The normalized spacial score (nSPS) is 14.1. The van der Waals surface area contributed by atoms with E-state index in [0.717, 1.165) is 16.7 Å². The van der Waals surface area contributed by atoms with Crippen LogP contribution in [0.4, 0.5) is 15.8 Å². The average Bonchev–Trinajstić information content (AvgIpc) is 3.25. The van der Waals surface area contributed by atoms with Crippen LogP contribution < -0.4 is 9.75 Å². The van der Waals surface area contributed by atoms with E-state index in [2.05, 4.69) is 5.10 Å². The van der Waals surface area contributed by atoms with Gasteiger partial charge in [0.2, 0.25) is 0 Å². The highest BCUT2D eigenvalue weighted by Gasteiger charge is 2.32. The summed E-state index contributed by atoms with van der Waals surface area (Å²) in [5.41, 5.74) is 3.64. The first kappa shape index (κ1) is 23.6. The van der Waals surface area contributed by atoms with Crippen LogP contribution in [-0.4, -0.2) is 16.5 Å². The van der Waals surface area contributed by atoms with Crippen molar-refractivity contribution in [1.29, 1.82) is 0 Å². The lowest BCUT2D eigenvalue weighted by molar-refractivity contribution is -0.384. The Labute approximate surface area is 211 Å². The first-order chi connectivity index (χ1) is 18.0. The van der Waals surface area contributed by atoms with Crippen molar-refractivity contribution in [1.82, 2.24) is 0 Å². The van der Waals surface area contributed by atoms with Gasteiger partial charge in [-0.2, -0.15) is 10.1 Å². The molecule has 0 saturated heterocycles. The number of amides is 1. The van der Waals surface area contributed by atoms with E-state index in [-0.39, 0.29) is 17.4 Å². The molecule has 0 fully saturated rings. The molecule has 0 spiro atoms. The molecule has 182 valence electrons. The van der Waals surface area contributed by atoms with E-state index in [1.807, 2.05) is 42.5 Å². The first-order valence-electron chi connectivity index (χ1n) is 11.4. The lowest BCUT2D eigenvalue weighted by Crippen LogP contribution is -2.21. The van der Waals surface area contributed by atoms with Gasteiger partial charge in [0.25, 0.3) is 11.6 Å². The summed E-state index contributed by atoms with van der Waals surface area (Å²) < 4.78 is 18.9. The van der Waals surface area contributed by atoms with Crippen molar-refractivity contribution in [3.8, 4) is 5.75 Å². The van der Waals surface area contributed by atoms with Crippen molar-refractivity contribution >= 4 is 29.1 Å². The highest BCUT2D eigenvalue weighted by molar-refractivity contribution is 6.37. The standard InChI is InChI=1S/C29H20FN3O4/c30-23-10-6-21(7-11-23)19-37-26-16-8-20(9-17-26)18-27-28(22-4-2-1-3-5-22)31-32(29(27)34)24-12-14-25(15-13-24)33(35)36/h1-18H,19H2/b27-18-. The van der Waals surface area contributed by atoms with Crippen molar-refractivity contribution in [2.45, 2.75) is 6.61 Å². The molecule has 0 aromatic heterocycles. The topological polar surface area (TPSA) is 85.0 Å². The Balaban J connectivity index is 1.40. The summed E-state index contributed by atoms with van der Waals surface area (Å²) in [6.45, 7) is 0.300. The van der Waals surface area contributed by atoms with Crippen molar-refractivity contribution < 1.29 is 18.8 Å². The zero-order valence-corrected chi connectivity index (χ0v) is 19.5. The van der Waals surface area contributed by atoms with Gasteiger partial charge in [0.15, 0.2) is 0 Å². The zero-order valence-electron chi connectivity index (χ0n) is 19.5. The summed E-state index contributed by atoms with van der Waals surface area (Å²) in [5, 5.41) is 16.8. The number of hydrazone groups is 1. The third-order valence-corrected chi connectivity index (χ3v) is 5.74. The summed E-state index contributed by atoms with van der Waals surface area (Å²) in [6, 6.07) is 28.4. The summed E-state index contributed by atoms with van der Waals surface area (Å²) in [7, 11) is 0. The fourth-order valence-electron chi connectivity index (χ4n) is 3.82. The highest BCUT2D eigenvalue weighted by Crippen LogP contribution is 2.29. The quantitative estimate of drug-likeness (QED) is 0.176. The van der Waals surface area contributed by atoms with Gasteiger partial charge >= 0.3 is 0 Å². The van der Waals surface area contributed by atoms with Crippen molar-refractivity contribution in [2.24, 2.45) is 5.10 Å². The Morgan fingerprint density at radius 3 is 2.22 bits per heavy atom. The number of hydrogen-bond acceptors (Lipinski definition) is 5. The number of benzene rings is 4. The highest BCUT2D eigenvalue weighted by atomic mass is 19.1. The molecule has 4 aromatic carbocycles. The van der Waals surface area contributed by atoms with E-state index >= 15 is 0 Å². The lowest BCUT2D eigenvalue weighted by atomic mass is 10.0. The van der Waals surface area contributed by atoms with E-state index < -0.39 is 4.92 Å². The molecule has 0 bridgehead atoms. The molecule has 1 amide bonds. The predicted molar refractivity (Wildman–Crippen MR) is 139 cm³/mol. The molecule has 0 aliphatic carbocycles. The molecule has 0 N–H and O–H groups in total. The van der Waals surface area contributed by atoms with Crippen LogP contribution >= 0.6 is 0 Å². The maximum atomic E-state index is 13.4. The van der Waals surface area contributed by atoms with Crippen LogP contribution in [0.1, 0.15) is 16.7 Å². The van der Waals surface area contributed by atoms with Crippen molar-refractivity contribution in [2.75, 3.05) is 5.01 Å². The maximum absolute atomic E-state index is 13.4. The lowest BCUT2D eigenvalue weighted by Gasteiger charge is -2.11. The number of hydrogen-bond donors (Lipinski definition) is 0. The van der Waals surface area contributed by atoms with Crippen LogP contribution in [0.15, 0.2) is 114 Å². The molecule has 8 heteroatoms. The third-order valence-electron chi connectivity index (χ3n) is 5.74. The smallest absolute Gasteiger partial charge is 0.281 e. The van der Waals surface area contributed by atoms with Gasteiger partial charge in [0, 0.05) is 17.7 Å². The molecular weight excluding hydrogens is 473 g/mol. The largest absolute Gasteiger partial charge is 0.489 e. The zero-order chi connectivity index (χ0) is 25.8. The van der Waals surface area contributed by atoms with Crippen molar-refractivity contribution in [3.63, 3.8) is 0 Å². The second-order valence-electron chi connectivity index (χ2n) is 8.25. The number of nitro benzene ring substituents is 1. The fourth-order valence-corrected chi connectivity index (χ4v) is 3.82. The van der Waals surface area contributed by atoms with Gasteiger partial charge < -0.3 is 4.74 Å². The molecule has 5 rings (SSSR count). The summed E-state index contributed by atoms with van der Waals surface area (Å²) in [4.78, 5) is 23.9. The number of anilines is 1. The number of carbonyl (C=O) groups excluding carboxylic acids is 1. The first-order valence-corrected chi connectivity index (χ1v) is 11.4. The average molecular weight is 493 g/mol. The minimum absolute atomic E-state index is 0.0693. The van der Waals surface area contributed by atoms with Gasteiger partial charge in [-0.25, -0.2) is 4.39 Å². The number of ether oxygens (including phenoxy) is 1. The summed E-state index contributed by atoms with van der Waals surface area (Å²) in [6.07, 6.45) is 1.75. The Hall–Kier alpha value is -5.11. The van der Waals surface area contributed by atoms with E-state index in [1.54, 1.807) is 30.3 Å². The number of rotatable bonds is 7. The summed E-state index contributed by atoms with van der Waals surface area (Å²) in [5.74, 6) is -0.00817. The molecule has 1 aliphatic heterocycles. The number of nitro groups is 1. The maximum Gasteiger partial charge on any atom is 0.281 e. The van der Waals surface area contributed by atoms with Gasteiger partial charge in [-0.1, -0.05) is 54.6 Å². The SMILES string of the molecule is O=C1/C(=C\c2ccc(OCc3ccc(F)cc3)cc2)C(c2ccccc2)=NN1c1ccc([N+](=O)[O-])cc1. The van der Waals surface area contributed by atoms with Crippen LogP contribution in [0.2, 0.25) is 0 Å². The van der Waals surface area contributed by atoms with Crippen LogP contribution in [0, 0.1) is 15.9 Å². The van der Waals surface area contributed by atoms with Gasteiger partial charge in [-0.05, 0) is 53.6 Å². The summed E-state index contributed by atoms with van der Waals surface area (Å²) >= 11 is 0. The Morgan fingerprint density at radius 2 is 1.57 bits per heavy atom. The van der Waals surface area contributed by atoms with E-state index in [9.17, 15) is 19.3 Å². The fraction of sp³-hybridized carbons (Fsp3) is 0.0345. The van der Waals surface area contributed by atoms with Crippen molar-refractivity contribution in [3.05, 3.63) is 141 Å². The van der Waals surface area contributed by atoms with Gasteiger partial charge in [0.05, 0.1) is 16.2 Å². The number of non-ortho nitro benzene ring substituents is 1. The van der Waals surface area contributed by atoms with E-state index in [4.69, 9.17) is 4.74 Å². The van der Waals surface area contributed by atoms with Gasteiger partial charge in [0.1, 0.15) is 23.9 Å². The Bertz CT molecular complexity index is 1500. The molecule has 4 aromatic rings. The molecule has 37 heavy (non-hydrogen) atoms. The second kappa shape index (κ2) is 10.2. The number of halogens is 1. The molecule has 0 unspecified atom stereocenters. The molecule has 0 saturated carbocycles. The Kier molecular flexibility index (Phi) is 6.54. The number of nitrogens with zero attached hydrogens (tertiary/aromatic N) is 3. The minimum atomic E-state index is -0.493. The van der Waals surface area contributed by atoms with E-state index in [1.165, 1.54) is 41.4 Å². The van der Waals surface area contributed by atoms with Gasteiger partial charge in [-0.15, -0.1) is 0 Å². The van der Waals surface area contributed by atoms with Crippen LogP contribution in [0.25, 0.3) is 6.08 Å². The molecule has 1 aliphatic rings. The molecule has 0 radical (unpaired) electrons. The second-order valence-corrected chi connectivity index (χ2v) is 8.25. The molecule has 0 atom stereocenters. The number of carbonyl (C=O) groups is 1.